The highest BCUT2D eigenvalue weighted by Crippen LogP contribution is 2.33. The number of carbonyl (C=O) groups excluding carboxylic acids is 3. The minimum absolute atomic E-state index is 0.0472. The summed E-state index contributed by atoms with van der Waals surface area (Å²) in [6, 6.07) is 23.8. The lowest BCUT2D eigenvalue weighted by Gasteiger charge is -2.47. The number of methoxy groups -OCH3 is 1. The van der Waals surface area contributed by atoms with Crippen molar-refractivity contribution in [3.63, 3.8) is 0 Å². The summed E-state index contributed by atoms with van der Waals surface area (Å²) in [4.78, 5) is 43.7. The third-order valence-electron chi connectivity index (χ3n) is 7.11. The van der Waals surface area contributed by atoms with Crippen molar-refractivity contribution in [1.29, 1.82) is 0 Å². The van der Waals surface area contributed by atoms with Crippen molar-refractivity contribution in [3.8, 4) is 5.75 Å². The Labute approximate surface area is 228 Å². The molecule has 1 N–H and O–H groups in total. The number of benzene rings is 3. The van der Waals surface area contributed by atoms with E-state index in [4.69, 9.17) is 16.3 Å². The van der Waals surface area contributed by atoms with Crippen molar-refractivity contribution in [1.82, 2.24) is 15.1 Å². The van der Waals surface area contributed by atoms with Gasteiger partial charge in [-0.15, -0.1) is 0 Å². The lowest BCUT2D eigenvalue weighted by atomic mass is 9.83. The lowest BCUT2D eigenvalue weighted by molar-refractivity contribution is -0.141. The topological polar surface area (TPSA) is 79.0 Å². The molecule has 4 rings (SSSR count). The van der Waals surface area contributed by atoms with E-state index in [1.54, 1.807) is 53.3 Å². The van der Waals surface area contributed by atoms with Crippen LogP contribution in [0.1, 0.15) is 41.3 Å². The third-order valence-corrected chi connectivity index (χ3v) is 7.36. The second-order valence-electron chi connectivity index (χ2n) is 9.45. The van der Waals surface area contributed by atoms with E-state index < -0.39 is 5.54 Å². The number of likely N-dealkylation sites (tertiary alicyclic amines) is 1. The molecule has 0 aromatic heterocycles. The molecule has 0 radical (unpaired) electrons. The van der Waals surface area contributed by atoms with Gasteiger partial charge in [0.05, 0.1) is 7.11 Å². The Morgan fingerprint density at radius 3 is 2.13 bits per heavy atom. The van der Waals surface area contributed by atoms with Gasteiger partial charge in [-0.05, 0) is 60.4 Å². The molecule has 1 heterocycles. The van der Waals surface area contributed by atoms with Gasteiger partial charge in [-0.1, -0.05) is 54.1 Å². The summed E-state index contributed by atoms with van der Waals surface area (Å²) in [6.07, 6.45) is 0.644. The van der Waals surface area contributed by atoms with Crippen molar-refractivity contribution >= 4 is 29.3 Å². The van der Waals surface area contributed by atoms with Crippen LogP contribution in [0.15, 0.2) is 78.9 Å². The largest absolute Gasteiger partial charge is 0.497 e. The number of hydrogen-bond acceptors (Lipinski definition) is 4. The summed E-state index contributed by atoms with van der Waals surface area (Å²) >= 11 is 6.11. The Balaban J connectivity index is 1.72. The van der Waals surface area contributed by atoms with Crippen LogP contribution in [0.4, 0.5) is 0 Å². The van der Waals surface area contributed by atoms with E-state index in [1.807, 2.05) is 42.5 Å². The smallest absolute Gasteiger partial charge is 0.255 e. The molecule has 38 heavy (non-hydrogen) atoms. The maximum absolute atomic E-state index is 14.1. The summed E-state index contributed by atoms with van der Waals surface area (Å²) in [5.74, 6) is 0.0824. The quantitative estimate of drug-likeness (QED) is 0.455. The molecule has 3 aromatic rings. The van der Waals surface area contributed by atoms with Gasteiger partial charge >= 0.3 is 0 Å². The average molecular weight is 534 g/mol. The van der Waals surface area contributed by atoms with Gasteiger partial charge < -0.3 is 19.9 Å². The molecule has 7 nitrogen and oxygen atoms in total. The maximum Gasteiger partial charge on any atom is 0.255 e. The van der Waals surface area contributed by atoms with Crippen LogP contribution < -0.4 is 10.1 Å². The van der Waals surface area contributed by atoms with Crippen molar-refractivity contribution < 1.29 is 19.1 Å². The third kappa shape index (κ3) is 6.17. The minimum Gasteiger partial charge on any atom is -0.497 e. The molecule has 3 aromatic carbocycles. The molecule has 0 saturated carbocycles. The number of halogens is 1. The molecule has 0 bridgehead atoms. The zero-order valence-electron chi connectivity index (χ0n) is 21.7. The summed E-state index contributed by atoms with van der Waals surface area (Å²) in [5.41, 5.74) is 1.10. The molecule has 1 saturated heterocycles. The predicted molar refractivity (Wildman–Crippen MR) is 147 cm³/mol. The molecule has 0 atom stereocenters. The van der Waals surface area contributed by atoms with Crippen molar-refractivity contribution in [2.75, 3.05) is 20.2 Å². The van der Waals surface area contributed by atoms with Gasteiger partial charge in [0.2, 0.25) is 11.8 Å². The van der Waals surface area contributed by atoms with Crippen LogP contribution in [0, 0.1) is 0 Å². The van der Waals surface area contributed by atoms with E-state index in [2.05, 4.69) is 5.32 Å². The maximum atomic E-state index is 14.1. The van der Waals surface area contributed by atoms with Crippen LogP contribution in [-0.4, -0.2) is 53.3 Å². The van der Waals surface area contributed by atoms with E-state index in [0.717, 1.165) is 11.1 Å². The summed E-state index contributed by atoms with van der Waals surface area (Å²) in [5, 5.41) is 3.67. The van der Waals surface area contributed by atoms with E-state index in [0.29, 0.717) is 48.8 Å². The Hall–Kier alpha value is -3.84. The number of nitrogens with zero attached hydrogens (tertiary/aromatic N) is 2. The number of ether oxygens (including phenoxy) is 1. The Bertz CT molecular complexity index is 1250. The Kier molecular flexibility index (Phi) is 8.69. The van der Waals surface area contributed by atoms with Crippen molar-refractivity contribution in [2.24, 2.45) is 0 Å². The number of rotatable bonds is 8. The molecular weight excluding hydrogens is 502 g/mol. The molecule has 0 spiro atoms. The first-order valence-electron chi connectivity index (χ1n) is 12.6. The van der Waals surface area contributed by atoms with Crippen LogP contribution in [0.2, 0.25) is 5.02 Å². The van der Waals surface area contributed by atoms with Crippen LogP contribution >= 0.6 is 11.6 Å². The first-order valence-corrected chi connectivity index (χ1v) is 13.0. The molecule has 1 aliphatic rings. The molecule has 1 aliphatic heterocycles. The van der Waals surface area contributed by atoms with E-state index in [9.17, 15) is 14.4 Å². The monoisotopic (exact) mass is 533 g/mol. The van der Waals surface area contributed by atoms with Crippen molar-refractivity contribution in [3.05, 3.63) is 101 Å². The SMILES string of the molecule is COc1ccc(C(=O)N(Cc2ccc(Cl)cc2)C2(C(=O)NCc3ccccc3)CCN(C(C)=O)CC2)cc1. The molecule has 3 amide bonds. The van der Waals surface area contributed by atoms with E-state index in [-0.39, 0.29) is 24.3 Å². The van der Waals surface area contributed by atoms with Gasteiger partial charge in [0.25, 0.3) is 5.91 Å². The molecule has 1 fully saturated rings. The van der Waals surface area contributed by atoms with Gasteiger partial charge in [-0.3, -0.25) is 14.4 Å². The first kappa shape index (κ1) is 27.2. The minimum atomic E-state index is -1.16. The fraction of sp³-hybridized carbons (Fsp3) is 0.300. The average Bonchev–Trinajstić information content (AvgIpc) is 2.95. The highest BCUT2D eigenvalue weighted by molar-refractivity contribution is 6.30. The van der Waals surface area contributed by atoms with Crippen LogP contribution in [0.3, 0.4) is 0 Å². The number of amides is 3. The summed E-state index contributed by atoms with van der Waals surface area (Å²) < 4.78 is 5.26. The predicted octanol–water partition coefficient (Wildman–Crippen LogP) is 4.69. The highest BCUT2D eigenvalue weighted by atomic mass is 35.5. The van der Waals surface area contributed by atoms with Crippen LogP contribution in [0.5, 0.6) is 5.75 Å². The highest BCUT2D eigenvalue weighted by Gasteiger charge is 2.48. The van der Waals surface area contributed by atoms with Gasteiger partial charge in [0.15, 0.2) is 0 Å². The molecule has 8 heteroatoms. The standard InChI is InChI=1S/C30H32ClN3O4/c1-22(35)33-18-16-30(17-19-33,29(37)32-20-23-6-4-3-5-7-23)34(21-24-8-12-26(31)13-9-24)28(36)25-10-14-27(38-2)15-11-25/h3-15H,16-21H2,1-2H3,(H,32,37). The van der Waals surface area contributed by atoms with Gasteiger partial charge in [-0.2, -0.15) is 0 Å². The molecular formula is C30H32ClN3O4. The molecule has 0 unspecified atom stereocenters. The summed E-state index contributed by atoms with van der Waals surface area (Å²) in [7, 11) is 1.57. The molecule has 198 valence electrons. The van der Waals surface area contributed by atoms with Crippen LogP contribution in [-0.2, 0) is 22.7 Å². The molecule has 0 aliphatic carbocycles. The zero-order valence-corrected chi connectivity index (χ0v) is 22.4. The van der Waals surface area contributed by atoms with E-state index >= 15 is 0 Å². The van der Waals surface area contributed by atoms with Crippen molar-refractivity contribution in [2.45, 2.75) is 38.4 Å². The normalized spacial score (nSPS) is 14.4. The number of carbonyl (C=O) groups is 3. The lowest BCUT2D eigenvalue weighted by Crippen LogP contribution is -2.64. The number of nitrogens with one attached hydrogen (secondary N) is 1. The first-order chi connectivity index (χ1) is 18.3. The Morgan fingerprint density at radius 1 is 0.921 bits per heavy atom. The van der Waals surface area contributed by atoms with Gasteiger partial charge in [0.1, 0.15) is 11.3 Å². The Morgan fingerprint density at radius 2 is 1.55 bits per heavy atom. The zero-order chi connectivity index (χ0) is 27.1. The fourth-order valence-corrected chi connectivity index (χ4v) is 4.96. The second kappa shape index (κ2) is 12.1. The summed E-state index contributed by atoms with van der Waals surface area (Å²) in [6.45, 7) is 2.82. The van der Waals surface area contributed by atoms with Gasteiger partial charge in [-0.25, -0.2) is 0 Å². The number of hydrogen-bond donors (Lipinski definition) is 1. The van der Waals surface area contributed by atoms with Gasteiger partial charge in [0, 0.05) is 43.7 Å². The number of piperidine rings is 1. The van der Waals surface area contributed by atoms with E-state index in [1.165, 1.54) is 6.92 Å². The second-order valence-corrected chi connectivity index (χ2v) is 9.89. The fourth-order valence-electron chi connectivity index (χ4n) is 4.83. The van der Waals surface area contributed by atoms with Crippen LogP contribution in [0.25, 0.3) is 0 Å².